The van der Waals surface area contributed by atoms with Gasteiger partial charge in [0.2, 0.25) is 0 Å². The van der Waals surface area contributed by atoms with Crippen molar-refractivity contribution < 1.29 is 19.2 Å². The number of methoxy groups -OCH3 is 1. The molecule has 158 valence electrons. The maximum atomic E-state index is 12.5. The van der Waals surface area contributed by atoms with Crippen molar-refractivity contribution in [3.8, 4) is 5.75 Å². The molecule has 1 atom stereocenters. The largest absolute Gasteiger partial charge is 0.497 e. The summed E-state index contributed by atoms with van der Waals surface area (Å²) < 4.78 is 10.9. The lowest BCUT2D eigenvalue weighted by atomic mass is 10.2. The number of nitrogens with zero attached hydrogens (tertiary/aromatic N) is 1. The number of hydrogen-bond donors (Lipinski definition) is 2. The van der Waals surface area contributed by atoms with Gasteiger partial charge in [0.05, 0.1) is 39.4 Å². The third kappa shape index (κ3) is 9.22. The molecule has 0 aromatic heterocycles. The Hall–Kier alpha value is -2.08. The van der Waals surface area contributed by atoms with Gasteiger partial charge in [0.15, 0.2) is 0 Å². The normalized spacial score (nSPS) is 12.9. The molecule has 28 heavy (non-hydrogen) atoms. The minimum Gasteiger partial charge on any atom is -0.497 e. The molecule has 0 aliphatic rings. The van der Waals surface area contributed by atoms with Crippen LogP contribution >= 0.6 is 0 Å². The molecule has 1 aromatic carbocycles. The minimum absolute atomic E-state index is 0.0910. The highest BCUT2D eigenvalue weighted by molar-refractivity contribution is 6.04. The van der Waals surface area contributed by atoms with Gasteiger partial charge in [-0.1, -0.05) is 13.8 Å². The van der Waals surface area contributed by atoms with Crippen molar-refractivity contribution in [3.05, 3.63) is 29.8 Å². The molecule has 0 fully saturated rings. The lowest BCUT2D eigenvalue weighted by Gasteiger charge is -2.17. The van der Waals surface area contributed by atoms with Crippen LogP contribution in [0.2, 0.25) is 0 Å². The van der Waals surface area contributed by atoms with E-state index in [-0.39, 0.29) is 11.9 Å². The molecule has 0 saturated heterocycles. The lowest BCUT2D eigenvalue weighted by Crippen LogP contribution is -3.11. The molecule has 0 saturated carbocycles. The van der Waals surface area contributed by atoms with Crippen LogP contribution in [0.25, 0.3) is 0 Å². The van der Waals surface area contributed by atoms with Crippen LogP contribution in [0.3, 0.4) is 0 Å². The van der Waals surface area contributed by atoms with Gasteiger partial charge in [-0.05, 0) is 63.8 Å². The topological polar surface area (TPSA) is 64.4 Å². The fourth-order valence-corrected chi connectivity index (χ4v) is 2.78. The summed E-state index contributed by atoms with van der Waals surface area (Å²) in [5, 5.41) is 2.82. The van der Waals surface area contributed by atoms with E-state index in [0.29, 0.717) is 29.9 Å². The van der Waals surface area contributed by atoms with Crippen LogP contribution in [0.15, 0.2) is 29.3 Å². The van der Waals surface area contributed by atoms with Crippen LogP contribution in [0.4, 0.5) is 0 Å². The van der Waals surface area contributed by atoms with Crippen LogP contribution in [0.1, 0.15) is 57.8 Å². The van der Waals surface area contributed by atoms with Crippen molar-refractivity contribution in [2.45, 2.75) is 53.5 Å². The highest BCUT2D eigenvalue weighted by atomic mass is 16.5. The third-order valence-corrected chi connectivity index (χ3v) is 4.62. The number of ether oxygens (including phenoxy) is 2. The summed E-state index contributed by atoms with van der Waals surface area (Å²) >= 11 is 0. The molecule has 0 spiro atoms. The first-order valence-corrected chi connectivity index (χ1v) is 10.4. The molecule has 1 rings (SSSR count). The molecular weight excluding hydrogens is 354 g/mol. The Bertz CT molecular complexity index is 596. The Morgan fingerprint density at radius 2 is 1.79 bits per heavy atom. The first kappa shape index (κ1) is 24.0. The number of aliphatic imine (C=N–C) groups is 1. The van der Waals surface area contributed by atoms with Gasteiger partial charge < -0.3 is 14.4 Å². The predicted octanol–water partition coefficient (Wildman–Crippen LogP) is 2.55. The third-order valence-electron chi connectivity index (χ3n) is 4.62. The van der Waals surface area contributed by atoms with Crippen LogP contribution in [-0.2, 0) is 4.74 Å². The first-order chi connectivity index (χ1) is 13.4. The Labute approximate surface area is 170 Å². The Morgan fingerprint density at radius 1 is 1.14 bits per heavy atom. The number of quaternary nitrogens is 1. The van der Waals surface area contributed by atoms with E-state index in [1.54, 1.807) is 36.3 Å². The molecule has 0 unspecified atom stereocenters. The zero-order valence-electron chi connectivity index (χ0n) is 18.4. The summed E-state index contributed by atoms with van der Waals surface area (Å²) in [6.07, 6.45) is 2.07. The van der Waals surface area contributed by atoms with E-state index in [0.717, 1.165) is 32.5 Å². The molecular formula is C22H38N3O3+. The van der Waals surface area contributed by atoms with Crippen molar-refractivity contribution in [1.82, 2.24) is 5.32 Å². The van der Waals surface area contributed by atoms with Crippen molar-refractivity contribution in [2.24, 2.45) is 10.9 Å². The van der Waals surface area contributed by atoms with E-state index >= 15 is 0 Å². The van der Waals surface area contributed by atoms with E-state index in [1.807, 2.05) is 0 Å². The van der Waals surface area contributed by atoms with Gasteiger partial charge in [-0.15, -0.1) is 0 Å². The van der Waals surface area contributed by atoms with Gasteiger partial charge in [0, 0.05) is 5.56 Å². The summed E-state index contributed by atoms with van der Waals surface area (Å²) in [5.74, 6) is 0.833. The number of amides is 1. The molecule has 6 heteroatoms. The molecule has 0 aliphatic carbocycles. The highest BCUT2D eigenvalue weighted by Crippen LogP contribution is 2.11. The van der Waals surface area contributed by atoms with Gasteiger partial charge in [-0.3, -0.25) is 10.1 Å². The quantitative estimate of drug-likeness (QED) is 0.449. The SMILES string of the molecule is CC[NH+](CC)CCC[C@@H](C)N=C(NC(=O)c1ccc(OC)cc1)OCC(C)C. The van der Waals surface area contributed by atoms with E-state index in [9.17, 15) is 4.79 Å². The summed E-state index contributed by atoms with van der Waals surface area (Å²) in [4.78, 5) is 18.8. The number of carbonyl (C=O) groups is 1. The average Bonchev–Trinajstić information content (AvgIpc) is 2.69. The number of carbonyl (C=O) groups excluding carboxylic acids is 1. The van der Waals surface area contributed by atoms with Gasteiger partial charge in [-0.2, -0.15) is 0 Å². The second-order valence-electron chi connectivity index (χ2n) is 7.52. The zero-order chi connectivity index (χ0) is 20.9. The molecule has 0 bridgehead atoms. The number of nitrogens with one attached hydrogen (secondary N) is 2. The second-order valence-corrected chi connectivity index (χ2v) is 7.52. The van der Waals surface area contributed by atoms with E-state index in [4.69, 9.17) is 9.47 Å². The maximum absolute atomic E-state index is 12.5. The Balaban J connectivity index is 2.71. The number of amidine groups is 1. The molecule has 0 heterocycles. The molecule has 6 nitrogen and oxygen atoms in total. The Kier molecular flexibility index (Phi) is 11.3. The number of rotatable bonds is 11. The highest BCUT2D eigenvalue weighted by Gasteiger charge is 2.13. The van der Waals surface area contributed by atoms with Crippen molar-refractivity contribution >= 4 is 11.9 Å². The summed E-state index contributed by atoms with van der Waals surface area (Å²) in [7, 11) is 1.60. The molecule has 0 aliphatic heterocycles. The fourth-order valence-electron chi connectivity index (χ4n) is 2.78. The smallest absolute Gasteiger partial charge is 0.291 e. The van der Waals surface area contributed by atoms with E-state index in [1.165, 1.54) is 0 Å². The zero-order valence-corrected chi connectivity index (χ0v) is 18.4. The van der Waals surface area contributed by atoms with Crippen LogP contribution < -0.4 is 15.0 Å². The first-order valence-electron chi connectivity index (χ1n) is 10.4. The second kappa shape index (κ2) is 13.2. The summed E-state index contributed by atoms with van der Waals surface area (Å²) in [5.41, 5.74) is 0.541. The lowest BCUT2D eigenvalue weighted by molar-refractivity contribution is -0.896. The standard InChI is InChI=1S/C22H37N3O3/c1-7-25(8-2)15-9-10-18(5)23-22(28-16-17(3)4)24-21(26)19-11-13-20(27-6)14-12-19/h11-14,17-18H,7-10,15-16H2,1-6H3,(H,23,24,26)/p+1/t18-/m1/s1. The van der Waals surface area contributed by atoms with Crippen LogP contribution in [0, 0.1) is 5.92 Å². The maximum Gasteiger partial charge on any atom is 0.291 e. The van der Waals surface area contributed by atoms with Crippen molar-refractivity contribution in [2.75, 3.05) is 33.4 Å². The van der Waals surface area contributed by atoms with E-state index < -0.39 is 0 Å². The minimum atomic E-state index is -0.232. The Morgan fingerprint density at radius 3 is 2.32 bits per heavy atom. The van der Waals surface area contributed by atoms with Gasteiger partial charge in [-0.25, -0.2) is 4.99 Å². The van der Waals surface area contributed by atoms with Crippen LogP contribution in [-0.4, -0.2) is 51.3 Å². The summed E-state index contributed by atoms with van der Waals surface area (Å²) in [6.45, 7) is 14.6. The molecule has 1 aromatic rings. The number of benzene rings is 1. The monoisotopic (exact) mass is 392 g/mol. The average molecular weight is 393 g/mol. The molecule has 1 amide bonds. The van der Waals surface area contributed by atoms with Gasteiger partial charge in [0.25, 0.3) is 11.9 Å². The van der Waals surface area contributed by atoms with E-state index in [2.05, 4.69) is 44.9 Å². The number of hydrogen-bond acceptors (Lipinski definition) is 4. The van der Waals surface area contributed by atoms with Crippen LogP contribution in [0.5, 0.6) is 5.75 Å². The van der Waals surface area contributed by atoms with Crippen molar-refractivity contribution in [3.63, 3.8) is 0 Å². The van der Waals surface area contributed by atoms with Gasteiger partial charge >= 0.3 is 0 Å². The predicted molar refractivity (Wildman–Crippen MR) is 114 cm³/mol. The van der Waals surface area contributed by atoms with Crippen molar-refractivity contribution in [1.29, 1.82) is 0 Å². The van der Waals surface area contributed by atoms with Gasteiger partial charge in [0.1, 0.15) is 5.75 Å². The molecule has 2 N–H and O–H groups in total. The summed E-state index contributed by atoms with van der Waals surface area (Å²) in [6, 6.07) is 7.37. The molecule has 0 radical (unpaired) electrons. The fraction of sp³-hybridized carbons (Fsp3) is 0.636.